The molecule has 102 valence electrons. The van der Waals surface area contributed by atoms with Gasteiger partial charge in [-0.3, -0.25) is 0 Å². The Morgan fingerprint density at radius 3 is 2.75 bits per heavy atom. The summed E-state index contributed by atoms with van der Waals surface area (Å²) in [7, 11) is 0. The second-order valence-electron chi connectivity index (χ2n) is 4.85. The molecule has 0 spiro atoms. The molecule has 0 atom stereocenters. The number of carbonyl (C=O) groups is 1. The molecule has 20 heavy (non-hydrogen) atoms. The van der Waals surface area contributed by atoms with Crippen LogP contribution in [0.15, 0.2) is 46.9 Å². The lowest BCUT2D eigenvalue weighted by atomic mass is 10.00. The predicted molar refractivity (Wildman–Crippen MR) is 82.9 cm³/mol. The van der Waals surface area contributed by atoms with Crippen molar-refractivity contribution >= 4 is 33.3 Å². The van der Waals surface area contributed by atoms with Crippen molar-refractivity contribution in [3.63, 3.8) is 0 Å². The lowest BCUT2D eigenvalue weighted by Crippen LogP contribution is -2.26. The van der Waals surface area contributed by atoms with E-state index in [0.717, 1.165) is 35.2 Å². The number of aryl methyl sites for hydroxylation is 1. The standard InChI is InChI=1S/C16H14BrNO2/c17-12-7-8-15(13(10-12)16(19)20)18-9-3-5-11-4-1-2-6-14(11)18/h1-2,4,6-8,10H,3,5,9H2,(H,19,20). The Labute approximate surface area is 126 Å². The van der Waals surface area contributed by atoms with Crippen molar-refractivity contribution < 1.29 is 9.90 Å². The van der Waals surface area contributed by atoms with E-state index in [-0.39, 0.29) is 0 Å². The maximum atomic E-state index is 11.5. The zero-order valence-corrected chi connectivity index (χ0v) is 12.4. The van der Waals surface area contributed by atoms with Gasteiger partial charge in [-0.2, -0.15) is 0 Å². The van der Waals surface area contributed by atoms with Gasteiger partial charge >= 0.3 is 5.97 Å². The minimum absolute atomic E-state index is 0.330. The quantitative estimate of drug-likeness (QED) is 0.895. The second-order valence-corrected chi connectivity index (χ2v) is 5.77. The van der Waals surface area contributed by atoms with Crippen LogP contribution < -0.4 is 4.90 Å². The molecule has 0 bridgehead atoms. The number of para-hydroxylation sites is 1. The van der Waals surface area contributed by atoms with Crippen LogP contribution in [0.2, 0.25) is 0 Å². The van der Waals surface area contributed by atoms with Gasteiger partial charge in [0.15, 0.2) is 0 Å². The maximum absolute atomic E-state index is 11.5. The summed E-state index contributed by atoms with van der Waals surface area (Å²) in [6, 6.07) is 13.6. The molecule has 0 saturated carbocycles. The molecule has 0 aliphatic carbocycles. The Hall–Kier alpha value is -1.81. The van der Waals surface area contributed by atoms with Crippen molar-refractivity contribution in [2.45, 2.75) is 12.8 Å². The highest BCUT2D eigenvalue weighted by atomic mass is 79.9. The van der Waals surface area contributed by atoms with E-state index in [4.69, 9.17) is 0 Å². The first kappa shape index (κ1) is 13.2. The minimum atomic E-state index is -0.899. The predicted octanol–water partition coefficient (Wildman–Crippen LogP) is 4.23. The summed E-state index contributed by atoms with van der Waals surface area (Å²) in [6.45, 7) is 0.846. The molecule has 2 aromatic rings. The van der Waals surface area contributed by atoms with Gasteiger partial charge in [-0.1, -0.05) is 34.1 Å². The van der Waals surface area contributed by atoms with E-state index >= 15 is 0 Å². The average molecular weight is 332 g/mol. The van der Waals surface area contributed by atoms with Gasteiger partial charge < -0.3 is 10.0 Å². The van der Waals surface area contributed by atoms with Gasteiger partial charge in [0, 0.05) is 16.7 Å². The fourth-order valence-electron chi connectivity index (χ4n) is 2.70. The number of aromatic carboxylic acids is 1. The normalized spacial score (nSPS) is 13.9. The second kappa shape index (κ2) is 5.29. The van der Waals surface area contributed by atoms with E-state index in [1.54, 1.807) is 6.07 Å². The molecule has 0 unspecified atom stereocenters. The van der Waals surface area contributed by atoms with E-state index in [1.165, 1.54) is 5.56 Å². The SMILES string of the molecule is O=C(O)c1cc(Br)ccc1N1CCCc2ccccc21. The van der Waals surface area contributed by atoms with Crippen molar-refractivity contribution in [1.29, 1.82) is 0 Å². The number of fused-ring (bicyclic) bond motifs is 1. The Balaban J connectivity index is 2.13. The largest absolute Gasteiger partial charge is 0.478 e. The fourth-order valence-corrected chi connectivity index (χ4v) is 3.06. The summed E-state index contributed by atoms with van der Waals surface area (Å²) < 4.78 is 0.781. The van der Waals surface area contributed by atoms with E-state index in [0.29, 0.717) is 5.56 Å². The monoisotopic (exact) mass is 331 g/mol. The van der Waals surface area contributed by atoms with Crippen molar-refractivity contribution in [3.05, 3.63) is 58.1 Å². The first-order chi connectivity index (χ1) is 9.66. The number of carboxylic acid groups (broad SMARTS) is 1. The molecule has 0 amide bonds. The topological polar surface area (TPSA) is 40.5 Å². The van der Waals surface area contributed by atoms with Gasteiger partial charge in [0.2, 0.25) is 0 Å². The Morgan fingerprint density at radius 2 is 1.95 bits per heavy atom. The molecule has 1 heterocycles. The number of benzene rings is 2. The third-order valence-electron chi connectivity index (χ3n) is 3.59. The van der Waals surface area contributed by atoms with Crippen molar-refractivity contribution in [2.75, 3.05) is 11.4 Å². The average Bonchev–Trinajstić information content (AvgIpc) is 2.46. The van der Waals surface area contributed by atoms with E-state index in [2.05, 4.69) is 33.0 Å². The Kier molecular flexibility index (Phi) is 3.49. The summed E-state index contributed by atoms with van der Waals surface area (Å²) in [5.74, 6) is -0.899. The third-order valence-corrected chi connectivity index (χ3v) is 4.08. The van der Waals surface area contributed by atoms with Crippen LogP contribution in [0, 0.1) is 0 Å². The fraction of sp³-hybridized carbons (Fsp3) is 0.188. The summed E-state index contributed by atoms with van der Waals surface area (Å²) in [6.07, 6.45) is 2.08. The molecule has 3 rings (SSSR count). The molecule has 1 aliphatic heterocycles. The summed E-state index contributed by atoms with van der Waals surface area (Å²) >= 11 is 3.34. The smallest absolute Gasteiger partial charge is 0.337 e. The summed E-state index contributed by atoms with van der Waals surface area (Å²) in [5.41, 5.74) is 3.48. The van der Waals surface area contributed by atoms with Gasteiger partial charge in [0.1, 0.15) is 0 Å². The van der Waals surface area contributed by atoms with Gasteiger partial charge in [-0.05, 0) is 42.7 Å². The molecule has 2 aromatic carbocycles. The van der Waals surface area contributed by atoms with Crippen LogP contribution in [0.1, 0.15) is 22.3 Å². The van der Waals surface area contributed by atoms with Crippen molar-refractivity contribution in [2.24, 2.45) is 0 Å². The molecule has 4 heteroatoms. The first-order valence-corrected chi connectivity index (χ1v) is 7.34. The lowest BCUT2D eigenvalue weighted by Gasteiger charge is -2.32. The van der Waals surface area contributed by atoms with Crippen LogP contribution in [0.4, 0.5) is 11.4 Å². The number of carboxylic acids is 1. The number of halogens is 1. The highest BCUT2D eigenvalue weighted by Gasteiger charge is 2.22. The number of anilines is 2. The van der Waals surface area contributed by atoms with E-state index < -0.39 is 5.97 Å². The van der Waals surface area contributed by atoms with E-state index in [1.807, 2.05) is 24.3 Å². The molecule has 0 fully saturated rings. The van der Waals surface area contributed by atoms with Crippen LogP contribution in [0.3, 0.4) is 0 Å². The van der Waals surface area contributed by atoms with Crippen LogP contribution in [-0.2, 0) is 6.42 Å². The molecular formula is C16H14BrNO2. The Morgan fingerprint density at radius 1 is 1.15 bits per heavy atom. The van der Waals surface area contributed by atoms with Gasteiger partial charge in [-0.25, -0.2) is 4.79 Å². The van der Waals surface area contributed by atoms with Gasteiger partial charge in [0.05, 0.1) is 11.3 Å². The van der Waals surface area contributed by atoms with Crippen LogP contribution in [0.25, 0.3) is 0 Å². The van der Waals surface area contributed by atoms with Crippen LogP contribution in [-0.4, -0.2) is 17.6 Å². The molecule has 1 N–H and O–H groups in total. The highest BCUT2D eigenvalue weighted by Crippen LogP contribution is 2.36. The summed E-state index contributed by atoms with van der Waals surface area (Å²) in [5, 5.41) is 9.42. The molecule has 1 aliphatic rings. The highest BCUT2D eigenvalue weighted by molar-refractivity contribution is 9.10. The van der Waals surface area contributed by atoms with Crippen molar-refractivity contribution in [1.82, 2.24) is 0 Å². The molecular weight excluding hydrogens is 318 g/mol. The van der Waals surface area contributed by atoms with Crippen LogP contribution >= 0.6 is 15.9 Å². The zero-order valence-electron chi connectivity index (χ0n) is 10.8. The number of rotatable bonds is 2. The number of hydrogen-bond donors (Lipinski definition) is 1. The molecule has 3 nitrogen and oxygen atoms in total. The third kappa shape index (κ3) is 2.31. The lowest BCUT2D eigenvalue weighted by molar-refractivity contribution is 0.0697. The maximum Gasteiger partial charge on any atom is 0.337 e. The van der Waals surface area contributed by atoms with E-state index in [9.17, 15) is 9.90 Å². The summed E-state index contributed by atoms with van der Waals surface area (Å²) in [4.78, 5) is 13.6. The molecule has 0 radical (unpaired) electrons. The number of hydrogen-bond acceptors (Lipinski definition) is 2. The van der Waals surface area contributed by atoms with Gasteiger partial charge in [-0.15, -0.1) is 0 Å². The number of nitrogens with zero attached hydrogens (tertiary/aromatic N) is 1. The van der Waals surface area contributed by atoms with Gasteiger partial charge in [0.25, 0.3) is 0 Å². The molecule has 0 saturated heterocycles. The van der Waals surface area contributed by atoms with Crippen LogP contribution in [0.5, 0.6) is 0 Å². The zero-order chi connectivity index (χ0) is 14.1. The molecule has 0 aromatic heterocycles. The van der Waals surface area contributed by atoms with Crippen molar-refractivity contribution in [3.8, 4) is 0 Å². The first-order valence-electron chi connectivity index (χ1n) is 6.55. The minimum Gasteiger partial charge on any atom is -0.478 e. The Bertz CT molecular complexity index is 669.